The number of nitrogens with one attached hydrogen (secondary N) is 1. The van der Waals surface area contributed by atoms with Crippen molar-refractivity contribution in [2.24, 2.45) is 7.05 Å². The predicted octanol–water partition coefficient (Wildman–Crippen LogP) is 2.43. The van der Waals surface area contributed by atoms with E-state index >= 15 is 0 Å². The van der Waals surface area contributed by atoms with E-state index in [1.807, 2.05) is 4.90 Å². The first-order valence-electron chi connectivity index (χ1n) is 10.5. The van der Waals surface area contributed by atoms with Gasteiger partial charge >= 0.3 is 0 Å². The van der Waals surface area contributed by atoms with Gasteiger partial charge in [0, 0.05) is 45.1 Å². The summed E-state index contributed by atoms with van der Waals surface area (Å²) in [4.78, 5) is 14.8. The third kappa shape index (κ3) is 4.60. The molecule has 4 rings (SSSR count). The Hall–Kier alpha value is -2.43. The van der Waals surface area contributed by atoms with E-state index in [1.54, 1.807) is 19.2 Å². The molecule has 0 aliphatic carbocycles. The van der Waals surface area contributed by atoms with Gasteiger partial charge in [-0.2, -0.15) is 4.31 Å². The van der Waals surface area contributed by atoms with Crippen LogP contribution in [0.15, 0.2) is 35.4 Å². The van der Waals surface area contributed by atoms with Gasteiger partial charge < -0.3 is 19.5 Å². The molecule has 0 saturated carbocycles. The van der Waals surface area contributed by atoms with E-state index in [0.29, 0.717) is 50.8 Å². The molecule has 2 aliphatic rings. The van der Waals surface area contributed by atoms with Crippen molar-refractivity contribution < 1.29 is 22.3 Å². The van der Waals surface area contributed by atoms with Gasteiger partial charge in [-0.05, 0) is 37.1 Å². The number of morpholine rings is 1. The molecule has 1 N–H and O–H groups in total. The second kappa shape index (κ2) is 8.97. The number of ether oxygens (including phenoxy) is 1. The van der Waals surface area contributed by atoms with E-state index in [1.165, 1.54) is 27.2 Å². The Bertz CT molecular complexity index is 1060. The number of sulfonamides is 1. The third-order valence-corrected chi connectivity index (χ3v) is 7.59. The molecular weight excluding hydrogens is 423 g/mol. The van der Waals surface area contributed by atoms with Crippen molar-refractivity contribution in [2.75, 3.05) is 49.6 Å². The van der Waals surface area contributed by atoms with Gasteiger partial charge in [-0.15, -0.1) is 0 Å². The monoisotopic (exact) mass is 450 g/mol. The Morgan fingerprint density at radius 1 is 1.06 bits per heavy atom. The molecule has 0 spiro atoms. The minimum Gasteiger partial charge on any atom is -0.378 e. The highest BCUT2D eigenvalue weighted by Gasteiger charge is 2.28. The topological polar surface area (TPSA) is 83.9 Å². The maximum Gasteiger partial charge on any atom is 0.272 e. The highest BCUT2D eigenvalue weighted by atomic mass is 32.2. The zero-order chi connectivity index (χ0) is 22.0. The Morgan fingerprint density at radius 3 is 2.45 bits per heavy atom. The van der Waals surface area contributed by atoms with Crippen molar-refractivity contribution in [1.82, 2.24) is 8.87 Å². The predicted molar refractivity (Wildman–Crippen MR) is 115 cm³/mol. The van der Waals surface area contributed by atoms with Crippen LogP contribution in [0, 0.1) is 5.82 Å². The molecule has 2 aromatic rings. The fraction of sp³-hybridized carbons (Fsp3) is 0.476. The first-order chi connectivity index (χ1) is 14.9. The molecule has 2 saturated heterocycles. The van der Waals surface area contributed by atoms with Gasteiger partial charge in [-0.25, -0.2) is 12.8 Å². The number of aryl methyl sites for hydroxylation is 1. The number of halogens is 1. The van der Waals surface area contributed by atoms with Gasteiger partial charge in [0.25, 0.3) is 5.91 Å². The number of benzene rings is 1. The molecule has 2 aliphatic heterocycles. The summed E-state index contributed by atoms with van der Waals surface area (Å²) in [6.45, 7) is 3.31. The van der Waals surface area contributed by atoms with Crippen molar-refractivity contribution in [2.45, 2.75) is 24.2 Å². The second-order valence-electron chi connectivity index (χ2n) is 7.86. The number of anilines is 2. The molecule has 0 atom stereocenters. The number of nitrogens with zero attached hydrogens (tertiary/aromatic N) is 3. The van der Waals surface area contributed by atoms with Crippen LogP contribution in [0.5, 0.6) is 0 Å². The average molecular weight is 451 g/mol. The highest BCUT2D eigenvalue weighted by molar-refractivity contribution is 7.89. The van der Waals surface area contributed by atoms with Crippen LogP contribution in [0.4, 0.5) is 15.8 Å². The quantitative estimate of drug-likeness (QED) is 0.757. The third-order valence-electron chi connectivity index (χ3n) is 5.72. The number of rotatable bonds is 5. The summed E-state index contributed by atoms with van der Waals surface area (Å²) in [5, 5.41) is 2.66. The van der Waals surface area contributed by atoms with E-state index in [0.717, 1.165) is 19.3 Å². The molecule has 31 heavy (non-hydrogen) atoms. The number of amides is 1. The summed E-state index contributed by atoms with van der Waals surface area (Å²) in [6.07, 6.45) is 4.15. The number of piperidine rings is 1. The molecule has 0 radical (unpaired) electrons. The lowest BCUT2D eigenvalue weighted by Crippen LogP contribution is -2.36. The number of hydrogen-bond acceptors (Lipinski definition) is 5. The van der Waals surface area contributed by atoms with Crippen molar-refractivity contribution in [1.29, 1.82) is 0 Å². The minimum atomic E-state index is -3.64. The lowest BCUT2D eigenvalue weighted by molar-refractivity contribution is 0.101. The second-order valence-corrected chi connectivity index (χ2v) is 9.79. The fourth-order valence-electron chi connectivity index (χ4n) is 4.00. The standard InChI is InChI=1S/C21H27FN4O4S/c1-24-15-17(31(28,29)26-7-3-2-4-8-26)14-20(24)21(27)23-16-5-6-19(18(22)13-16)25-9-11-30-12-10-25/h5-6,13-15H,2-4,7-12H2,1H3,(H,23,27). The first-order valence-corrected chi connectivity index (χ1v) is 11.9. The van der Waals surface area contributed by atoms with Crippen molar-refractivity contribution in [3.8, 4) is 0 Å². The van der Waals surface area contributed by atoms with Gasteiger partial charge in [-0.3, -0.25) is 4.79 Å². The van der Waals surface area contributed by atoms with Crippen molar-refractivity contribution in [3.63, 3.8) is 0 Å². The molecule has 1 aromatic carbocycles. The van der Waals surface area contributed by atoms with Gasteiger partial charge in [-0.1, -0.05) is 6.42 Å². The summed E-state index contributed by atoms with van der Waals surface area (Å²) < 4.78 is 48.6. The minimum absolute atomic E-state index is 0.0934. The van der Waals surface area contributed by atoms with E-state index in [2.05, 4.69) is 5.32 Å². The van der Waals surface area contributed by atoms with Crippen LogP contribution in [0.1, 0.15) is 29.8 Å². The van der Waals surface area contributed by atoms with E-state index in [4.69, 9.17) is 4.74 Å². The Kier molecular flexibility index (Phi) is 6.31. The van der Waals surface area contributed by atoms with Gasteiger partial charge in [0.1, 0.15) is 16.4 Å². The molecule has 3 heterocycles. The molecule has 1 aromatic heterocycles. The number of carbonyl (C=O) groups is 1. The van der Waals surface area contributed by atoms with Crippen molar-refractivity contribution in [3.05, 3.63) is 42.0 Å². The summed E-state index contributed by atoms with van der Waals surface area (Å²) in [6, 6.07) is 5.92. The molecule has 168 valence electrons. The molecule has 2 fully saturated rings. The van der Waals surface area contributed by atoms with Crippen LogP contribution >= 0.6 is 0 Å². The molecular formula is C21H27FN4O4S. The zero-order valence-corrected chi connectivity index (χ0v) is 18.3. The van der Waals surface area contributed by atoms with Crippen molar-refractivity contribution >= 4 is 27.3 Å². The smallest absolute Gasteiger partial charge is 0.272 e. The van der Waals surface area contributed by atoms with E-state index in [9.17, 15) is 17.6 Å². The fourth-order valence-corrected chi connectivity index (χ4v) is 5.58. The lowest BCUT2D eigenvalue weighted by atomic mass is 10.2. The van der Waals surface area contributed by atoms with Crippen LogP contribution in [-0.2, 0) is 21.8 Å². The van der Waals surface area contributed by atoms with Gasteiger partial charge in [0.15, 0.2) is 0 Å². The SMILES string of the molecule is Cn1cc(S(=O)(=O)N2CCCCC2)cc1C(=O)Nc1ccc(N2CCOCC2)c(F)c1. The first kappa shape index (κ1) is 21.8. The van der Waals surface area contributed by atoms with E-state index < -0.39 is 21.7 Å². The number of carbonyl (C=O) groups excluding carboxylic acids is 1. The molecule has 8 nitrogen and oxygen atoms in total. The van der Waals surface area contributed by atoms with Crippen LogP contribution in [0.2, 0.25) is 0 Å². The number of hydrogen-bond donors (Lipinski definition) is 1. The van der Waals surface area contributed by atoms with E-state index in [-0.39, 0.29) is 10.6 Å². The Morgan fingerprint density at radius 2 is 1.77 bits per heavy atom. The Balaban J connectivity index is 1.49. The molecule has 0 unspecified atom stereocenters. The maximum atomic E-state index is 14.6. The van der Waals surface area contributed by atoms with Crippen LogP contribution in [-0.4, -0.2) is 62.6 Å². The van der Waals surface area contributed by atoms with Crippen LogP contribution in [0.3, 0.4) is 0 Å². The number of aromatic nitrogens is 1. The largest absolute Gasteiger partial charge is 0.378 e. The molecule has 10 heteroatoms. The summed E-state index contributed by atoms with van der Waals surface area (Å²) in [5.41, 5.74) is 0.962. The summed E-state index contributed by atoms with van der Waals surface area (Å²) in [5.74, 6) is -0.930. The summed E-state index contributed by atoms with van der Waals surface area (Å²) >= 11 is 0. The molecule has 1 amide bonds. The average Bonchev–Trinajstić information content (AvgIpc) is 3.18. The molecule has 0 bridgehead atoms. The Labute approximate surface area is 181 Å². The van der Waals surface area contributed by atoms with Gasteiger partial charge in [0.2, 0.25) is 10.0 Å². The highest BCUT2D eigenvalue weighted by Crippen LogP contribution is 2.25. The normalized spacial score (nSPS) is 18.2. The zero-order valence-electron chi connectivity index (χ0n) is 17.5. The lowest BCUT2D eigenvalue weighted by Gasteiger charge is -2.29. The van der Waals surface area contributed by atoms with Crippen LogP contribution < -0.4 is 10.2 Å². The summed E-state index contributed by atoms with van der Waals surface area (Å²) in [7, 11) is -2.02. The van der Waals surface area contributed by atoms with Gasteiger partial charge in [0.05, 0.1) is 18.9 Å². The maximum absolute atomic E-state index is 14.6. The van der Waals surface area contributed by atoms with Crippen LogP contribution in [0.25, 0.3) is 0 Å².